The molecule has 5 nitrogen and oxygen atoms in total. The van der Waals surface area contributed by atoms with Crippen molar-refractivity contribution in [1.29, 1.82) is 0 Å². The molecule has 0 aliphatic heterocycles. The van der Waals surface area contributed by atoms with E-state index in [1.54, 1.807) is 6.20 Å². The highest BCUT2D eigenvalue weighted by atomic mass is 35.5. The van der Waals surface area contributed by atoms with Crippen LogP contribution >= 0.6 is 11.6 Å². The standard InChI is InChI=1S/C38H30ClFN2O3/c39-26-11-7-24(8-12-26)28-14-15-30(33-17-16-29-27-5-2-1-4-23(27)9-13-32(29)38(28)33)31-6-3-21-41-35(31)19-20-37(43)25-10-18-34(40)36(22-25)42(44)45/h1-8,10-13,16-18,21-22,30,37,43H,9,14-15,19-20H2. The summed E-state index contributed by atoms with van der Waals surface area (Å²) in [5.74, 6) is -0.823. The first-order chi connectivity index (χ1) is 21.9. The molecule has 7 heteroatoms. The number of hydrogen-bond donors (Lipinski definition) is 1. The predicted molar refractivity (Wildman–Crippen MR) is 175 cm³/mol. The number of aromatic nitrogens is 1. The number of nitrogens with zero attached hydrogens (tertiary/aromatic N) is 2. The molecule has 1 aromatic heterocycles. The molecule has 0 fully saturated rings. The van der Waals surface area contributed by atoms with Crippen molar-refractivity contribution < 1.29 is 14.4 Å². The van der Waals surface area contributed by atoms with Gasteiger partial charge in [-0.2, -0.15) is 4.39 Å². The van der Waals surface area contributed by atoms with Crippen LogP contribution < -0.4 is 10.4 Å². The quantitative estimate of drug-likeness (QED) is 0.151. The molecule has 2 unspecified atom stereocenters. The average Bonchev–Trinajstić information content (AvgIpc) is 3.07. The SMILES string of the molecule is O=[N+]([O-])c1cc(C(O)CCc2ncccc2C2CCC(c3ccc(Cl)cc3)=c3c2ccc2c3=CCc3ccccc3-2)ccc1F. The number of halogens is 2. The number of nitro groups is 1. The lowest BCUT2D eigenvalue weighted by molar-refractivity contribution is -0.387. The van der Waals surface area contributed by atoms with Gasteiger partial charge < -0.3 is 5.11 Å². The van der Waals surface area contributed by atoms with E-state index < -0.39 is 22.5 Å². The maximum absolute atomic E-state index is 13.9. The second kappa shape index (κ2) is 12.0. The van der Waals surface area contributed by atoms with Crippen molar-refractivity contribution in [1.82, 2.24) is 4.98 Å². The number of pyridine rings is 1. The molecule has 0 saturated carbocycles. The van der Waals surface area contributed by atoms with Gasteiger partial charge in [-0.05, 0) is 111 Å². The zero-order valence-corrected chi connectivity index (χ0v) is 25.2. The molecule has 2 aliphatic carbocycles. The van der Waals surface area contributed by atoms with E-state index in [0.717, 1.165) is 42.7 Å². The molecule has 0 spiro atoms. The molecule has 0 saturated heterocycles. The molecule has 224 valence electrons. The van der Waals surface area contributed by atoms with Gasteiger partial charge in [0.2, 0.25) is 5.82 Å². The van der Waals surface area contributed by atoms with Crippen molar-refractivity contribution in [3.05, 3.63) is 162 Å². The lowest BCUT2D eigenvalue weighted by atomic mass is 9.75. The summed E-state index contributed by atoms with van der Waals surface area (Å²) in [5, 5.41) is 25.4. The third-order valence-electron chi connectivity index (χ3n) is 9.17. The molecule has 1 heterocycles. The number of nitro benzene ring substituents is 1. The molecule has 2 atom stereocenters. The molecule has 0 bridgehead atoms. The summed E-state index contributed by atoms with van der Waals surface area (Å²) in [4.78, 5) is 15.2. The fourth-order valence-electron chi connectivity index (χ4n) is 7.01. The summed E-state index contributed by atoms with van der Waals surface area (Å²) in [6.45, 7) is 0. The number of aliphatic hydroxyl groups is 1. The summed E-state index contributed by atoms with van der Waals surface area (Å²) in [6.07, 6.45) is 6.53. The number of aliphatic hydroxyl groups excluding tert-OH is 1. The van der Waals surface area contributed by atoms with Crippen molar-refractivity contribution >= 4 is 28.9 Å². The highest BCUT2D eigenvalue weighted by molar-refractivity contribution is 6.30. The van der Waals surface area contributed by atoms with Crippen LogP contribution in [0.1, 0.15) is 64.8 Å². The van der Waals surface area contributed by atoms with E-state index in [0.29, 0.717) is 23.4 Å². The normalized spacial score (nSPS) is 15.8. The molecule has 4 aromatic carbocycles. The smallest absolute Gasteiger partial charge is 0.305 e. The number of hydrogen-bond acceptors (Lipinski definition) is 4. The van der Waals surface area contributed by atoms with Crippen LogP contribution in [-0.4, -0.2) is 15.0 Å². The van der Waals surface area contributed by atoms with Crippen molar-refractivity contribution in [3.8, 4) is 11.1 Å². The van der Waals surface area contributed by atoms with Crippen LogP contribution in [0.4, 0.5) is 10.1 Å². The van der Waals surface area contributed by atoms with Crippen LogP contribution in [0.25, 0.3) is 22.8 Å². The fourth-order valence-corrected chi connectivity index (χ4v) is 7.14. The second-order valence-electron chi connectivity index (χ2n) is 11.7. The average molecular weight is 617 g/mol. The van der Waals surface area contributed by atoms with Crippen molar-refractivity contribution in [3.63, 3.8) is 0 Å². The molecular weight excluding hydrogens is 587 g/mol. The van der Waals surface area contributed by atoms with Gasteiger partial charge in [0.25, 0.3) is 0 Å². The van der Waals surface area contributed by atoms with Gasteiger partial charge in [0, 0.05) is 28.9 Å². The largest absolute Gasteiger partial charge is 0.388 e. The van der Waals surface area contributed by atoms with Crippen LogP contribution in [-0.2, 0) is 12.8 Å². The minimum atomic E-state index is -0.996. The van der Waals surface area contributed by atoms with Crippen LogP contribution in [0.15, 0.2) is 97.2 Å². The lowest BCUT2D eigenvalue weighted by Crippen LogP contribution is -2.38. The first-order valence-electron chi connectivity index (χ1n) is 15.1. The Labute approximate surface area is 265 Å². The summed E-state index contributed by atoms with van der Waals surface area (Å²) in [7, 11) is 0. The van der Waals surface area contributed by atoms with Crippen molar-refractivity contribution in [2.75, 3.05) is 0 Å². The van der Waals surface area contributed by atoms with Gasteiger partial charge in [0.1, 0.15) is 0 Å². The van der Waals surface area contributed by atoms with E-state index in [1.165, 1.54) is 49.9 Å². The molecule has 1 N–H and O–H groups in total. The Balaban J connectivity index is 1.30. The maximum Gasteiger partial charge on any atom is 0.305 e. The molecule has 7 rings (SSSR count). The van der Waals surface area contributed by atoms with E-state index in [1.807, 2.05) is 18.2 Å². The zero-order valence-electron chi connectivity index (χ0n) is 24.4. The Kier molecular flexibility index (Phi) is 7.78. The van der Waals surface area contributed by atoms with Crippen LogP contribution in [0, 0.1) is 15.9 Å². The Bertz CT molecular complexity index is 2080. The Morgan fingerprint density at radius 3 is 2.62 bits per heavy atom. The third kappa shape index (κ3) is 5.45. The molecule has 2 aliphatic rings. The summed E-state index contributed by atoms with van der Waals surface area (Å²) in [6, 6.07) is 28.8. The summed E-state index contributed by atoms with van der Waals surface area (Å²) in [5.41, 5.74) is 9.24. The Morgan fingerprint density at radius 1 is 0.978 bits per heavy atom. The topological polar surface area (TPSA) is 76.3 Å². The molecular formula is C38H30ClFN2O3. The van der Waals surface area contributed by atoms with E-state index in [2.05, 4.69) is 60.7 Å². The molecule has 0 amide bonds. The second-order valence-corrected chi connectivity index (χ2v) is 12.1. The van der Waals surface area contributed by atoms with E-state index >= 15 is 0 Å². The summed E-state index contributed by atoms with van der Waals surface area (Å²) >= 11 is 6.28. The molecule has 5 aromatic rings. The Morgan fingerprint density at radius 2 is 1.80 bits per heavy atom. The third-order valence-corrected chi connectivity index (χ3v) is 9.42. The summed E-state index contributed by atoms with van der Waals surface area (Å²) < 4.78 is 13.9. The highest BCUT2D eigenvalue weighted by Gasteiger charge is 2.27. The van der Waals surface area contributed by atoms with Gasteiger partial charge >= 0.3 is 5.69 Å². The van der Waals surface area contributed by atoms with Gasteiger partial charge in [-0.15, -0.1) is 0 Å². The van der Waals surface area contributed by atoms with Gasteiger partial charge in [0.05, 0.1) is 11.0 Å². The number of aryl methyl sites for hydroxylation is 1. The van der Waals surface area contributed by atoms with E-state index in [9.17, 15) is 19.6 Å². The van der Waals surface area contributed by atoms with E-state index in [-0.39, 0.29) is 5.92 Å². The number of rotatable bonds is 7. The monoisotopic (exact) mass is 616 g/mol. The van der Waals surface area contributed by atoms with Crippen molar-refractivity contribution in [2.24, 2.45) is 0 Å². The lowest BCUT2D eigenvalue weighted by Gasteiger charge is -2.29. The number of fused-ring (bicyclic) bond motifs is 5. The Hall–Kier alpha value is -4.65. The first-order valence-corrected chi connectivity index (χ1v) is 15.5. The van der Waals surface area contributed by atoms with Gasteiger partial charge in [0.15, 0.2) is 0 Å². The van der Waals surface area contributed by atoms with Gasteiger partial charge in [-0.1, -0.05) is 78.3 Å². The number of benzene rings is 4. The molecule has 0 radical (unpaired) electrons. The zero-order chi connectivity index (χ0) is 31.1. The van der Waals surface area contributed by atoms with Crippen molar-refractivity contribution in [2.45, 2.75) is 44.1 Å². The minimum absolute atomic E-state index is 0.0969. The van der Waals surface area contributed by atoms with Gasteiger partial charge in [-0.25, -0.2) is 0 Å². The highest BCUT2D eigenvalue weighted by Crippen LogP contribution is 2.37. The minimum Gasteiger partial charge on any atom is -0.388 e. The fraction of sp³-hybridized carbons (Fsp3) is 0.184. The molecule has 45 heavy (non-hydrogen) atoms. The predicted octanol–water partition coefficient (Wildman–Crippen LogP) is 7.58. The van der Waals surface area contributed by atoms with Crippen LogP contribution in [0.2, 0.25) is 5.02 Å². The van der Waals surface area contributed by atoms with Crippen LogP contribution in [0.5, 0.6) is 0 Å². The van der Waals surface area contributed by atoms with E-state index in [4.69, 9.17) is 16.6 Å². The van der Waals surface area contributed by atoms with Crippen LogP contribution in [0.3, 0.4) is 0 Å². The van der Waals surface area contributed by atoms with Gasteiger partial charge in [-0.3, -0.25) is 15.1 Å². The first kappa shape index (κ1) is 29.1. The maximum atomic E-state index is 13.9.